The third-order valence-electron chi connectivity index (χ3n) is 3.36. The zero-order valence-corrected chi connectivity index (χ0v) is 12.0. The average molecular weight is 291 g/mol. The second-order valence-corrected chi connectivity index (χ2v) is 4.48. The number of rotatable bonds is 1. The van der Waals surface area contributed by atoms with Gasteiger partial charge in [0.25, 0.3) is 0 Å². The summed E-state index contributed by atoms with van der Waals surface area (Å²) in [4.78, 5) is 2.45. The molecular weight excluding hydrogens is 271 g/mol. The number of nitrogens with one attached hydrogen (secondary N) is 1. The van der Waals surface area contributed by atoms with Crippen molar-refractivity contribution in [1.82, 2.24) is 5.32 Å². The van der Waals surface area contributed by atoms with Crippen LogP contribution in [0.3, 0.4) is 0 Å². The molecule has 1 N–H and O–H groups in total. The number of ether oxygens (including phenoxy) is 1. The Balaban J connectivity index is 0.000000810. The predicted octanol–water partition coefficient (Wildman–Crippen LogP) is 2.61. The number of hydrogen-bond acceptors (Lipinski definition) is 3. The molecule has 2 aliphatic heterocycles. The lowest BCUT2D eigenvalue weighted by Gasteiger charge is -2.22. The summed E-state index contributed by atoms with van der Waals surface area (Å²) in [6.45, 7) is 4.99. The van der Waals surface area contributed by atoms with Gasteiger partial charge in [-0.25, -0.2) is 0 Å². The number of fused-ring (bicyclic) bond motifs is 1. The van der Waals surface area contributed by atoms with Gasteiger partial charge in [0.1, 0.15) is 12.4 Å². The predicted molar refractivity (Wildman–Crippen MR) is 79.6 cm³/mol. The summed E-state index contributed by atoms with van der Waals surface area (Å²) in [5.41, 5.74) is 2.58. The van der Waals surface area contributed by atoms with E-state index < -0.39 is 0 Å². The van der Waals surface area contributed by atoms with Crippen molar-refractivity contribution in [3.8, 4) is 5.75 Å². The fraction of sp³-hybridized carbons (Fsp3) is 0.538. The monoisotopic (exact) mass is 290 g/mol. The van der Waals surface area contributed by atoms with Crippen molar-refractivity contribution in [3.05, 3.63) is 23.8 Å². The summed E-state index contributed by atoms with van der Waals surface area (Å²) in [6.07, 6.45) is 2.61. The first kappa shape index (κ1) is 15.4. The quantitative estimate of drug-likeness (QED) is 0.861. The van der Waals surface area contributed by atoms with E-state index in [1.807, 2.05) is 0 Å². The maximum atomic E-state index is 5.89. The van der Waals surface area contributed by atoms with Crippen LogP contribution >= 0.6 is 24.8 Å². The van der Waals surface area contributed by atoms with Gasteiger partial charge in [-0.3, -0.25) is 0 Å². The first-order valence-electron chi connectivity index (χ1n) is 6.15. The molecular formula is C13H20Cl2N2O. The number of anilines is 1. The Kier molecular flexibility index (Phi) is 6.06. The highest BCUT2D eigenvalue weighted by Crippen LogP contribution is 2.34. The van der Waals surface area contributed by atoms with E-state index in [2.05, 4.69) is 28.4 Å². The summed E-state index contributed by atoms with van der Waals surface area (Å²) >= 11 is 0. The van der Waals surface area contributed by atoms with Crippen LogP contribution in [0, 0.1) is 0 Å². The molecule has 0 saturated carbocycles. The van der Waals surface area contributed by atoms with Crippen LogP contribution in [0.5, 0.6) is 5.75 Å². The van der Waals surface area contributed by atoms with Crippen LogP contribution in [-0.2, 0) is 6.54 Å². The normalized spacial score (nSPS) is 17.9. The molecule has 0 bridgehead atoms. The van der Waals surface area contributed by atoms with Crippen molar-refractivity contribution >= 4 is 30.5 Å². The van der Waals surface area contributed by atoms with Gasteiger partial charge in [-0.15, -0.1) is 24.8 Å². The van der Waals surface area contributed by atoms with Gasteiger partial charge in [0.05, 0.1) is 5.69 Å². The molecule has 102 valence electrons. The second-order valence-electron chi connectivity index (χ2n) is 4.48. The van der Waals surface area contributed by atoms with E-state index >= 15 is 0 Å². The van der Waals surface area contributed by atoms with Gasteiger partial charge < -0.3 is 15.0 Å². The van der Waals surface area contributed by atoms with E-state index in [4.69, 9.17) is 4.74 Å². The summed E-state index contributed by atoms with van der Waals surface area (Å²) in [7, 11) is 0. The third kappa shape index (κ3) is 3.02. The molecule has 1 saturated heterocycles. The molecule has 0 aliphatic carbocycles. The van der Waals surface area contributed by atoms with E-state index in [0.29, 0.717) is 0 Å². The molecule has 1 aromatic rings. The molecule has 3 nitrogen and oxygen atoms in total. The first-order chi connectivity index (χ1) is 7.95. The van der Waals surface area contributed by atoms with Crippen molar-refractivity contribution < 1.29 is 4.74 Å². The standard InChI is InChI=1S/C13H18N2O.2ClH/c1-2-8-15(7-1)12-5-3-4-11-10-14-6-9-16-13(11)12;;/h3-5,14H,1-2,6-10H2;2*1H. The number of para-hydroxylation sites is 1. The molecule has 0 aromatic heterocycles. The maximum Gasteiger partial charge on any atom is 0.147 e. The molecule has 3 rings (SSSR count). The summed E-state index contributed by atoms with van der Waals surface area (Å²) in [5, 5.41) is 3.38. The molecule has 0 amide bonds. The van der Waals surface area contributed by atoms with Crippen LogP contribution in [-0.4, -0.2) is 26.2 Å². The van der Waals surface area contributed by atoms with E-state index in [0.717, 1.165) is 25.4 Å². The van der Waals surface area contributed by atoms with Gasteiger partial charge in [0, 0.05) is 31.7 Å². The lowest BCUT2D eigenvalue weighted by molar-refractivity contribution is 0.326. The minimum absolute atomic E-state index is 0. The zero-order valence-electron chi connectivity index (χ0n) is 10.4. The van der Waals surface area contributed by atoms with E-state index in [9.17, 15) is 0 Å². The Hall–Kier alpha value is -0.640. The molecule has 0 spiro atoms. The minimum Gasteiger partial charge on any atom is -0.490 e. The molecule has 18 heavy (non-hydrogen) atoms. The first-order valence-corrected chi connectivity index (χ1v) is 6.15. The van der Waals surface area contributed by atoms with Crippen molar-refractivity contribution in [2.75, 3.05) is 31.1 Å². The largest absolute Gasteiger partial charge is 0.490 e. The number of benzene rings is 1. The fourth-order valence-corrected chi connectivity index (χ4v) is 2.53. The second kappa shape index (κ2) is 7.07. The number of halogens is 2. The van der Waals surface area contributed by atoms with Gasteiger partial charge in [-0.2, -0.15) is 0 Å². The molecule has 5 heteroatoms. The van der Waals surface area contributed by atoms with Crippen LogP contribution < -0.4 is 15.0 Å². The van der Waals surface area contributed by atoms with Gasteiger partial charge in [-0.1, -0.05) is 12.1 Å². The van der Waals surface area contributed by atoms with Crippen molar-refractivity contribution in [3.63, 3.8) is 0 Å². The van der Waals surface area contributed by atoms with Crippen molar-refractivity contribution in [1.29, 1.82) is 0 Å². The van der Waals surface area contributed by atoms with Crippen LogP contribution in [0.1, 0.15) is 18.4 Å². The van der Waals surface area contributed by atoms with Crippen molar-refractivity contribution in [2.24, 2.45) is 0 Å². The van der Waals surface area contributed by atoms with Gasteiger partial charge in [0.15, 0.2) is 0 Å². The van der Waals surface area contributed by atoms with E-state index in [1.165, 1.54) is 37.2 Å². The van der Waals surface area contributed by atoms with Gasteiger partial charge >= 0.3 is 0 Å². The van der Waals surface area contributed by atoms with Crippen LogP contribution in [0.15, 0.2) is 18.2 Å². The highest BCUT2D eigenvalue weighted by atomic mass is 35.5. The highest BCUT2D eigenvalue weighted by Gasteiger charge is 2.19. The molecule has 2 aliphatic rings. The molecule has 0 radical (unpaired) electrons. The van der Waals surface area contributed by atoms with Crippen LogP contribution in [0.4, 0.5) is 5.69 Å². The van der Waals surface area contributed by atoms with Gasteiger partial charge in [0.2, 0.25) is 0 Å². The Morgan fingerprint density at radius 1 is 1.11 bits per heavy atom. The summed E-state index contributed by atoms with van der Waals surface area (Å²) in [6, 6.07) is 6.49. The molecule has 1 fully saturated rings. The molecule has 1 aromatic carbocycles. The topological polar surface area (TPSA) is 24.5 Å². The smallest absolute Gasteiger partial charge is 0.147 e. The zero-order chi connectivity index (χ0) is 10.8. The minimum atomic E-state index is 0. The lowest BCUT2D eigenvalue weighted by Crippen LogP contribution is -2.19. The number of hydrogen-bond donors (Lipinski definition) is 1. The molecule has 0 unspecified atom stereocenters. The average Bonchev–Trinajstić information content (AvgIpc) is 2.73. The van der Waals surface area contributed by atoms with E-state index in [-0.39, 0.29) is 24.8 Å². The summed E-state index contributed by atoms with van der Waals surface area (Å²) in [5.74, 6) is 1.11. The van der Waals surface area contributed by atoms with Gasteiger partial charge in [-0.05, 0) is 18.9 Å². The Morgan fingerprint density at radius 3 is 2.67 bits per heavy atom. The van der Waals surface area contributed by atoms with Crippen molar-refractivity contribution in [2.45, 2.75) is 19.4 Å². The Morgan fingerprint density at radius 2 is 1.89 bits per heavy atom. The maximum absolute atomic E-state index is 5.89. The number of nitrogens with zero attached hydrogens (tertiary/aromatic N) is 1. The Labute approximate surface area is 121 Å². The lowest BCUT2D eigenvalue weighted by atomic mass is 10.1. The molecule has 2 heterocycles. The van der Waals surface area contributed by atoms with Crippen LogP contribution in [0.2, 0.25) is 0 Å². The SMILES string of the molecule is Cl.Cl.c1cc2c(c(N3CCCC3)c1)OCCNC2. The van der Waals surface area contributed by atoms with Crippen LogP contribution in [0.25, 0.3) is 0 Å². The highest BCUT2D eigenvalue weighted by molar-refractivity contribution is 5.85. The third-order valence-corrected chi connectivity index (χ3v) is 3.36. The fourth-order valence-electron chi connectivity index (χ4n) is 2.53. The van der Waals surface area contributed by atoms with E-state index in [1.54, 1.807) is 0 Å². The summed E-state index contributed by atoms with van der Waals surface area (Å²) < 4.78 is 5.89. The Bertz CT molecular complexity index is 381. The molecule has 0 atom stereocenters.